The molecule has 0 radical (unpaired) electrons. The lowest BCUT2D eigenvalue weighted by Gasteiger charge is -2.07. The molecule has 1 amide bonds. The maximum atomic E-state index is 11.9. The SMILES string of the molecule is C/C(=N/NC(=O)COc1ccc(Cl)cc1Cl)c1nc2ccccc2s1. The van der Waals surface area contributed by atoms with Gasteiger partial charge in [-0.15, -0.1) is 11.3 Å². The number of para-hydroxylation sites is 1. The minimum atomic E-state index is -0.397. The highest BCUT2D eigenvalue weighted by Gasteiger charge is 2.08. The number of amides is 1. The summed E-state index contributed by atoms with van der Waals surface area (Å²) in [6, 6.07) is 12.6. The smallest absolute Gasteiger partial charge is 0.277 e. The second-order valence-corrected chi connectivity index (χ2v) is 6.96. The van der Waals surface area contributed by atoms with Crippen molar-refractivity contribution in [2.45, 2.75) is 6.92 Å². The van der Waals surface area contributed by atoms with Gasteiger partial charge in [0, 0.05) is 5.02 Å². The molecule has 0 aliphatic heterocycles. The molecule has 1 N–H and O–H groups in total. The third-order valence-corrected chi connectivity index (χ3v) is 4.88. The number of aromatic nitrogens is 1. The van der Waals surface area contributed by atoms with Crippen molar-refractivity contribution in [3.05, 3.63) is 57.5 Å². The van der Waals surface area contributed by atoms with Crippen molar-refractivity contribution in [3.63, 3.8) is 0 Å². The van der Waals surface area contributed by atoms with Gasteiger partial charge in [-0.05, 0) is 37.3 Å². The van der Waals surface area contributed by atoms with Crippen LogP contribution in [0.25, 0.3) is 10.2 Å². The minimum Gasteiger partial charge on any atom is -0.482 e. The Kier molecular flexibility index (Phi) is 5.53. The van der Waals surface area contributed by atoms with E-state index in [0.29, 0.717) is 21.5 Å². The van der Waals surface area contributed by atoms with E-state index in [1.807, 2.05) is 24.3 Å². The van der Waals surface area contributed by atoms with Crippen molar-refractivity contribution in [2.75, 3.05) is 6.61 Å². The van der Waals surface area contributed by atoms with Gasteiger partial charge < -0.3 is 4.74 Å². The van der Waals surface area contributed by atoms with Gasteiger partial charge in [-0.3, -0.25) is 4.79 Å². The number of ether oxygens (including phenoxy) is 1. The maximum Gasteiger partial charge on any atom is 0.277 e. The molecule has 0 bridgehead atoms. The summed E-state index contributed by atoms with van der Waals surface area (Å²) in [6.45, 7) is 1.58. The first-order valence-corrected chi connectivity index (χ1v) is 8.87. The monoisotopic (exact) mass is 393 g/mol. The number of carbonyl (C=O) groups excluding carboxylic acids is 1. The average Bonchev–Trinajstić information content (AvgIpc) is 3.03. The molecule has 0 atom stereocenters. The second kappa shape index (κ2) is 7.82. The molecular formula is C17H13Cl2N3O2S. The number of carbonyl (C=O) groups is 1. The quantitative estimate of drug-likeness (QED) is 0.511. The molecule has 0 fully saturated rings. The summed E-state index contributed by atoms with van der Waals surface area (Å²) in [6.07, 6.45) is 0. The van der Waals surface area contributed by atoms with Crippen LogP contribution in [-0.4, -0.2) is 23.2 Å². The summed E-state index contributed by atoms with van der Waals surface area (Å²) in [5.74, 6) is -0.0143. The van der Waals surface area contributed by atoms with Crippen LogP contribution in [0, 0.1) is 0 Å². The van der Waals surface area contributed by atoms with E-state index in [9.17, 15) is 4.79 Å². The van der Waals surface area contributed by atoms with E-state index in [2.05, 4.69) is 15.5 Å². The Bertz CT molecular complexity index is 923. The summed E-state index contributed by atoms with van der Waals surface area (Å²) < 4.78 is 6.42. The topological polar surface area (TPSA) is 63.6 Å². The Morgan fingerprint density at radius 1 is 1.28 bits per heavy atom. The number of thiazole rings is 1. The molecule has 3 aromatic rings. The third-order valence-electron chi connectivity index (χ3n) is 3.20. The van der Waals surface area contributed by atoms with Gasteiger partial charge in [0.05, 0.1) is 21.0 Å². The molecule has 0 saturated carbocycles. The maximum absolute atomic E-state index is 11.9. The van der Waals surface area contributed by atoms with Crippen molar-refractivity contribution in [1.82, 2.24) is 10.4 Å². The molecule has 8 heteroatoms. The van der Waals surface area contributed by atoms with E-state index in [1.165, 1.54) is 11.3 Å². The number of nitrogens with zero attached hydrogens (tertiary/aromatic N) is 2. The van der Waals surface area contributed by atoms with Crippen LogP contribution in [0.3, 0.4) is 0 Å². The van der Waals surface area contributed by atoms with Crippen LogP contribution in [0.15, 0.2) is 47.6 Å². The summed E-state index contributed by atoms with van der Waals surface area (Å²) in [7, 11) is 0. The molecule has 2 aromatic carbocycles. The zero-order valence-electron chi connectivity index (χ0n) is 13.1. The fourth-order valence-electron chi connectivity index (χ4n) is 1.99. The second-order valence-electron chi connectivity index (χ2n) is 5.08. The molecule has 1 heterocycles. The molecule has 0 spiro atoms. The first-order chi connectivity index (χ1) is 12.0. The third kappa shape index (κ3) is 4.48. The van der Waals surface area contributed by atoms with Crippen LogP contribution in [0.2, 0.25) is 10.0 Å². The lowest BCUT2D eigenvalue weighted by Crippen LogP contribution is -2.25. The molecule has 0 aliphatic rings. The van der Waals surface area contributed by atoms with E-state index >= 15 is 0 Å². The Morgan fingerprint density at radius 3 is 2.84 bits per heavy atom. The first-order valence-electron chi connectivity index (χ1n) is 7.30. The van der Waals surface area contributed by atoms with Gasteiger partial charge in [0.15, 0.2) is 6.61 Å². The van der Waals surface area contributed by atoms with Crippen LogP contribution < -0.4 is 10.2 Å². The van der Waals surface area contributed by atoms with Crippen LogP contribution >= 0.6 is 34.5 Å². The van der Waals surface area contributed by atoms with E-state index in [1.54, 1.807) is 25.1 Å². The molecule has 0 aliphatic carbocycles. The normalized spacial score (nSPS) is 11.6. The minimum absolute atomic E-state index is 0.210. The lowest BCUT2D eigenvalue weighted by molar-refractivity contribution is -0.123. The Hall–Kier alpha value is -2.15. The van der Waals surface area contributed by atoms with Crippen LogP contribution in [0.1, 0.15) is 11.9 Å². The molecule has 3 rings (SSSR count). The fraction of sp³-hybridized carbons (Fsp3) is 0.118. The number of halogens is 2. The number of hydrogen-bond donors (Lipinski definition) is 1. The van der Waals surface area contributed by atoms with Crippen molar-refractivity contribution in [2.24, 2.45) is 5.10 Å². The number of hydrogen-bond acceptors (Lipinski definition) is 5. The number of fused-ring (bicyclic) bond motifs is 1. The van der Waals surface area contributed by atoms with Gasteiger partial charge in [0.2, 0.25) is 0 Å². The van der Waals surface area contributed by atoms with E-state index in [0.717, 1.165) is 15.2 Å². The number of hydrazone groups is 1. The van der Waals surface area contributed by atoms with E-state index in [4.69, 9.17) is 27.9 Å². The Labute approximate surface area is 158 Å². The highest BCUT2D eigenvalue weighted by molar-refractivity contribution is 7.20. The largest absolute Gasteiger partial charge is 0.482 e. The summed E-state index contributed by atoms with van der Waals surface area (Å²) in [4.78, 5) is 16.4. The molecule has 128 valence electrons. The number of benzene rings is 2. The average molecular weight is 394 g/mol. The highest BCUT2D eigenvalue weighted by atomic mass is 35.5. The van der Waals surface area contributed by atoms with E-state index < -0.39 is 5.91 Å². The van der Waals surface area contributed by atoms with Crippen LogP contribution in [-0.2, 0) is 4.79 Å². The predicted molar refractivity (Wildman–Crippen MR) is 102 cm³/mol. The summed E-state index contributed by atoms with van der Waals surface area (Å²) >= 11 is 13.3. The zero-order chi connectivity index (χ0) is 17.8. The van der Waals surface area contributed by atoms with Gasteiger partial charge >= 0.3 is 0 Å². The van der Waals surface area contributed by atoms with Crippen LogP contribution in [0.4, 0.5) is 0 Å². The van der Waals surface area contributed by atoms with Crippen LogP contribution in [0.5, 0.6) is 5.75 Å². The van der Waals surface area contributed by atoms with E-state index in [-0.39, 0.29) is 6.61 Å². The molecule has 0 unspecified atom stereocenters. The standard InChI is InChI=1S/C17H13Cl2N3O2S/c1-10(17-20-13-4-2-3-5-15(13)25-17)21-22-16(23)9-24-14-7-6-11(18)8-12(14)19/h2-8H,9H2,1H3,(H,22,23)/b21-10-. The zero-order valence-corrected chi connectivity index (χ0v) is 15.5. The molecule has 5 nitrogen and oxygen atoms in total. The molecule has 25 heavy (non-hydrogen) atoms. The Balaban J connectivity index is 1.59. The van der Waals surface area contributed by atoms with Crippen molar-refractivity contribution in [1.29, 1.82) is 0 Å². The van der Waals surface area contributed by atoms with Gasteiger partial charge in [0.1, 0.15) is 10.8 Å². The first kappa shape index (κ1) is 17.7. The van der Waals surface area contributed by atoms with Gasteiger partial charge in [-0.25, -0.2) is 10.4 Å². The predicted octanol–water partition coefficient (Wildman–Crippen LogP) is 4.52. The summed E-state index contributed by atoms with van der Waals surface area (Å²) in [5.41, 5.74) is 3.98. The lowest BCUT2D eigenvalue weighted by atomic mass is 10.3. The fourth-order valence-corrected chi connectivity index (χ4v) is 3.36. The van der Waals surface area contributed by atoms with Crippen molar-refractivity contribution < 1.29 is 9.53 Å². The van der Waals surface area contributed by atoms with Crippen molar-refractivity contribution >= 4 is 56.4 Å². The van der Waals surface area contributed by atoms with Gasteiger partial charge in [0.25, 0.3) is 5.91 Å². The van der Waals surface area contributed by atoms with Crippen molar-refractivity contribution in [3.8, 4) is 5.75 Å². The highest BCUT2D eigenvalue weighted by Crippen LogP contribution is 2.27. The number of nitrogens with one attached hydrogen (secondary N) is 1. The molecular weight excluding hydrogens is 381 g/mol. The Morgan fingerprint density at radius 2 is 2.08 bits per heavy atom. The molecule has 1 aromatic heterocycles. The van der Waals surface area contributed by atoms with Gasteiger partial charge in [-0.2, -0.15) is 5.10 Å². The molecule has 0 saturated heterocycles. The number of rotatable bonds is 5. The van der Waals surface area contributed by atoms with Gasteiger partial charge in [-0.1, -0.05) is 35.3 Å². The summed E-state index contributed by atoms with van der Waals surface area (Å²) in [5, 5.41) is 5.66.